The minimum atomic E-state index is -4.21. The van der Waals surface area contributed by atoms with Gasteiger partial charge in [0, 0.05) is 20.6 Å². The normalized spacial score (nSPS) is 11.3. The number of anilines is 2. The van der Waals surface area contributed by atoms with Gasteiger partial charge in [0.15, 0.2) is 0 Å². The summed E-state index contributed by atoms with van der Waals surface area (Å²) in [5.74, 6) is 0.374. The van der Waals surface area contributed by atoms with E-state index in [1.54, 1.807) is 14.0 Å². The predicted molar refractivity (Wildman–Crippen MR) is 64.5 cm³/mol. The molecule has 0 aromatic carbocycles. The summed E-state index contributed by atoms with van der Waals surface area (Å²) < 4.78 is 41.6. The van der Waals surface area contributed by atoms with E-state index in [0.717, 1.165) is 0 Å². The van der Waals surface area contributed by atoms with Crippen molar-refractivity contribution in [3.8, 4) is 6.01 Å². The Kier molecular flexibility index (Phi) is 5.13. The van der Waals surface area contributed by atoms with Crippen molar-refractivity contribution in [2.45, 2.75) is 19.5 Å². The second-order valence-corrected chi connectivity index (χ2v) is 3.71. The van der Waals surface area contributed by atoms with Crippen LogP contribution in [0.3, 0.4) is 0 Å². The molecule has 1 rings (SSSR count). The lowest BCUT2D eigenvalue weighted by Gasteiger charge is -2.18. The zero-order chi connectivity index (χ0) is 14.5. The highest BCUT2D eigenvalue weighted by Gasteiger charge is 2.27. The summed E-state index contributed by atoms with van der Waals surface area (Å²) in [5.41, 5.74) is 0. The Morgan fingerprint density at radius 1 is 1.26 bits per heavy atom. The zero-order valence-corrected chi connectivity index (χ0v) is 11.0. The molecule has 0 radical (unpaired) electrons. The van der Waals surface area contributed by atoms with E-state index >= 15 is 0 Å². The highest BCUT2D eigenvalue weighted by Crippen LogP contribution is 2.21. The summed E-state index contributed by atoms with van der Waals surface area (Å²) in [6.07, 6.45) is -5.15. The number of rotatable bonds is 6. The van der Waals surface area contributed by atoms with Crippen LogP contribution in [0.2, 0.25) is 0 Å². The first-order chi connectivity index (χ1) is 8.85. The maximum atomic E-state index is 12.2. The van der Waals surface area contributed by atoms with Gasteiger partial charge in [-0.1, -0.05) is 0 Å². The average molecular weight is 279 g/mol. The van der Waals surface area contributed by atoms with Gasteiger partial charge in [-0.15, -0.1) is 0 Å². The highest BCUT2D eigenvalue weighted by molar-refractivity contribution is 5.37. The number of ether oxygens (including phenoxy) is 1. The third-order valence-corrected chi connectivity index (χ3v) is 2.17. The third kappa shape index (κ3) is 5.14. The molecular weight excluding hydrogens is 263 g/mol. The minimum absolute atomic E-state index is 0.0794. The predicted octanol–water partition coefficient (Wildman–Crippen LogP) is 1.70. The molecule has 1 N–H and O–H groups in total. The SMILES string of the molecule is CCOc1nc(NC)nc(N(C)CCC(F)(F)F)n1. The van der Waals surface area contributed by atoms with Crippen molar-refractivity contribution in [1.29, 1.82) is 0 Å². The molecule has 0 saturated carbocycles. The number of hydrogen-bond acceptors (Lipinski definition) is 6. The molecule has 0 atom stereocenters. The molecule has 0 aliphatic rings. The van der Waals surface area contributed by atoms with Crippen LogP contribution in [0, 0.1) is 0 Å². The van der Waals surface area contributed by atoms with E-state index in [4.69, 9.17) is 4.74 Å². The smallest absolute Gasteiger partial charge is 0.390 e. The Hall–Kier alpha value is -1.80. The number of hydrogen-bond donors (Lipinski definition) is 1. The number of nitrogens with one attached hydrogen (secondary N) is 1. The molecule has 6 nitrogen and oxygen atoms in total. The van der Waals surface area contributed by atoms with E-state index in [1.165, 1.54) is 11.9 Å². The number of nitrogens with zero attached hydrogens (tertiary/aromatic N) is 4. The molecule has 9 heteroatoms. The van der Waals surface area contributed by atoms with E-state index < -0.39 is 12.6 Å². The molecule has 108 valence electrons. The molecule has 0 aliphatic carbocycles. The molecule has 0 aliphatic heterocycles. The second kappa shape index (κ2) is 6.39. The third-order valence-electron chi connectivity index (χ3n) is 2.17. The standard InChI is InChI=1S/C10H16F3N5O/c1-4-19-9-16-7(14-2)15-8(17-9)18(3)6-5-10(11,12)13/h4-6H2,1-3H3,(H,14,15,16,17). The Morgan fingerprint density at radius 2 is 1.95 bits per heavy atom. The first-order valence-corrected chi connectivity index (χ1v) is 5.70. The van der Waals surface area contributed by atoms with Crippen molar-refractivity contribution >= 4 is 11.9 Å². The van der Waals surface area contributed by atoms with Crippen LogP contribution in [-0.2, 0) is 0 Å². The molecule has 0 fully saturated rings. The fraction of sp³-hybridized carbons (Fsp3) is 0.700. The lowest BCUT2D eigenvalue weighted by Crippen LogP contribution is -2.26. The summed E-state index contributed by atoms with van der Waals surface area (Å²) in [7, 11) is 3.08. The van der Waals surface area contributed by atoms with E-state index in [-0.39, 0.29) is 24.5 Å². The maximum Gasteiger partial charge on any atom is 0.390 e. The molecule has 0 spiro atoms. The summed E-state index contributed by atoms with van der Waals surface area (Å²) in [5, 5.41) is 2.70. The van der Waals surface area contributed by atoms with E-state index in [0.29, 0.717) is 6.61 Å². The monoisotopic (exact) mass is 279 g/mol. The van der Waals surface area contributed by atoms with Gasteiger partial charge in [-0.2, -0.15) is 28.1 Å². The van der Waals surface area contributed by atoms with Crippen LogP contribution in [0.15, 0.2) is 0 Å². The molecule has 0 bridgehead atoms. The summed E-state index contributed by atoms with van der Waals surface area (Å²) >= 11 is 0. The molecule has 0 saturated heterocycles. The number of alkyl halides is 3. The van der Waals surface area contributed by atoms with Gasteiger partial charge in [0.2, 0.25) is 11.9 Å². The number of aromatic nitrogens is 3. The molecule has 1 aromatic heterocycles. The molecule has 0 amide bonds. The van der Waals surface area contributed by atoms with Gasteiger partial charge in [-0.05, 0) is 6.92 Å². The van der Waals surface area contributed by atoms with Gasteiger partial charge >= 0.3 is 12.2 Å². The van der Waals surface area contributed by atoms with Crippen LogP contribution >= 0.6 is 0 Å². The van der Waals surface area contributed by atoms with Crippen molar-refractivity contribution in [3.63, 3.8) is 0 Å². The van der Waals surface area contributed by atoms with Crippen LogP contribution < -0.4 is 15.0 Å². The second-order valence-electron chi connectivity index (χ2n) is 3.71. The zero-order valence-electron chi connectivity index (χ0n) is 11.0. The van der Waals surface area contributed by atoms with Crippen LogP contribution in [0.25, 0.3) is 0 Å². The van der Waals surface area contributed by atoms with E-state index in [1.807, 2.05) is 0 Å². The first kappa shape index (κ1) is 15.3. The van der Waals surface area contributed by atoms with Crippen LogP contribution in [0.1, 0.15) is 13.3 Å². The highest BCUT2D eigenvalue weighted by atomic mass is 19.4. The molecule has 1 heterocycles. The van der Waals surface area contributed by atoms with Gasteiger partial charge in [0.1, 0.15) is 0 Å². The topological polar surface area (TPSA) is 63.2 Å². The Labute approximate surface area is 109 Å². The maximum absolute atomic E-state index is 12.2. The lowest BCUT2D eigenvalue weighted by atomic mass is 10.4. The molecule has 19 heavy (non-hydrogen) atoms. The van der Waals surface area contributed by atoms with E-state index in [2.05, 4.69) is 20.3 Å². The lowest BCUT2D eigenvalue weighted by molar-refractivity contribution is -0.132. The summed E-state index contributed by atoms with van der Waals surface area (Å²) in [6, 6.07) is 0.0794. The van der Waals surface area contributed by atoms with Gasteiger partial charge in [0.25, 0.3) is 0 Å². The van der Waals surface area contributed by atoms with Crippen molar-refractivity contribution in [3.05, 3.63) is 0 Å². The van der Waals surface area contributed by atoms with Crippen LogP contribution in [0.5, 0.6) is 6.01 Å². The number of halogens is 3. The molecule has 1 aromatic rings. The molecular formula is C10H16F3N5O. The van der Waals surface area contributed by atoms with E-state index in [9.17, 15) is 13.2 Å². The van der Waals surface area contributed by atoms with Gasteiger partial charge in [-0.3, -0.25) is 0 Å². The van der Waals surface area contributed by atoms with Crippen molar-refractivity contribution in [2.24, 2.45) is 0 Å². The molecule has 0 unspecified atom stereocenters. The minimum Gasteiger partial charge on any atom is -0.464 e. The van der Waals surface area contributed by atoms with Gasteiger partial charge < -0.3 is 15.0 Å². The Balaban J connectivity index is 2.82. The fourth-order valence-electron chi connectivity index (χ4n) is 1.22. The van der Waals surface area contributed by atoms with Gasteiger partial charge in [-0.25, -0.2) is 0 Å². The van der Waals surface area contributed by atoms with Crippen LogP contribution in [-0.4, -0.2) is 48.4 Å². The summed E-state index contributed by atoms with van der Waals surface area (Å²) in [4.78, 5) is 13.2. The fourth-order valence-corrected chi connectivity index (χ4v) is 1.22. The van der Waals surface area contributed by atoms with Crippen molar-refractivity contribution in [1.82, 2.24) is 15.0 Å². The quantitative estimate of drug-likeness (QED) is 0.855. The Morgan fingerprint density at radius 3 is 2.47 bits per heavy atom. The summed E-state index contributed by atoms with van der Waals surface area (Å²) in [6.45, 7) is 1.89. The Bertz CT molecular complexity index is 413. The van der Waals surface area contributed by atoms with Crippen molar-refractivity contribution in [2.75, 3.05) is 37.5 Å². The van der Waals surface area contributed by atoms with Crippen molar-refractivity contribution < 1.29 is 17.9 Å². The average Bonchev–Trinajstić information content (AvgIpc) is 2.35. The first-order valence-electron chi connectivity index (χ1n) is 5.70. The van der Waals surface area contributed by atoms with Gasteiger partial charge in [0.05, 0.1) is 13.0 Å². The van der Waals surface area contributed by atoms with Crippen LogP contribution in [0.4, 0.5) is 25.1 Å². The largest absolute Gasteiger partial charge is 0.464 e.